The number of benzene rings is 1. The molecule has 0 heterocycles. The Hall–Kier alpha value is -1.37. The zero-order valence-electron chi connectivity index (χ0n) is 8.90. The van der Waals surface area contributed by atoms with E-state index >= 15 is 0 Å². The van der Waals surface area contributed by atoms with Gasteiger partial charge in [0, 0.05) is 0 Å². The Kier molecular flexibility index (Phi) is 4.48. The summed E-state index contributed by atoms with van der Waals surface area (Å²) in [5.74, 6) is -0.170. The normalized spacial score (nSPS) is 11.9. The average Bonchev–Trinajstić information content (AvgIpc) is 2.29. The second-order valence-corrected chi connectivity index (χ2v) is 3.94. The lowest BCUT2D eigenvalue weighted by Crippen LogP contribution is -2.06. The third-order valence-electron chi connectivity index (χ3n) is 2.29. The van der Waals surface area contributed by atoms with Crippen LogP contribution in [0, 0.1) is 11.3 Å². The van der Waals surface area contributed by atoms with Crippen molar-refractivity contribution in [3.8, 4) is 6.07 Å². The molecule has 1 unspecified atom stereocenters. The van der Waals surface area contributed by atoms with E-state index in [2.05, 4.69) is 0 Å². The number of carbonyl (C=O) groups is 1. The summed E-state index contributed by atoms with van der Waals surface area (Å²) in [4.78, 5) is 11.2. The van der Waals surface area contributed by atoms with Crippen molar-refractivity contribution in [2.24, 2.45) is 0 Å². The van der Waals surface area contributed by atoms with E-state index in [0.717, 1.165) is 5.56 Å². The predicted molar refractivity (Wildman–Crippen MR) is 61.0 cm³/mol. The highest BCUT2D eigenvalue weighted by Gasteiger charge is 2.17. The number of hydrogen-bond donors (Lipinski definition) is 1. The summed E-state index contributed by atoms with van der Waals surface area (Å²) in [6.45, 7) is 1.29. The fourth-order valence-corrected chi connectivity index (χ4v) is 1.65. The SMILES string of the molecule is CC(=O)C(Cl)c1cc(CO)ccc1CC#N. The number of Topliss-reactive ketones (excluding diaryl/α,β-unsaturated/α-hetero) is 1. The number of rotatable bonds is 4. The number of alkyl halides is 1. The molecule has 3 nitrogen and oxygen atoms in total. The van der Waals surface area contributed by atoms with E-state index in [0.29, 0.717) is 11.1 Å². The zero-order chi connectivity index (χ0) is 12.1. The van der Waals surface area contributed by atoms with Crippen molar-refractivity contribution in [3.63, 3.8) is 0 Å². The van der Waals surface area contributed by atoms with Crippen LogP contribution in [-0.4, -0.2) is 10.9 Å². The quantitative estimate of drug-likeness (QED) is 0.816. The highest BCUT2D eigenvalue weighted by atomic mass is 35.5. The van der Waals surface area contributed by atoms with Gasteiger partial charge in [0.05, 0.1) is 19.1 Å². The molecule has 16 heavy (non-hydrogen) atoms. The van der Waals surface area contributed by atoms with Crippen molar-refractivity contribution >= 4 is 17.4 Å². The summed E-state index contributed by atoms with van der Waals surface area (Å²) in [6.07, 6.45) is 0.206. The molecule has 84 valence electrons. The Morgan fingerprint density at radius 2 is 2.31 bits per heavy atom. The fourth-order valence-electron chi connectivity index (χ4n) is 1.44. The van der Waals surface area contributed by atoms with Crippen LogP contribution in [-0.2, 0) is 17.8 Å². The maximum Gasteiger partial charge on any atom is 0.152 e. The number of halogens is 1. The second kappa shape index (κ2) is 5.64. The number of carbonyl (C=O) groups excluding carboxylic acids is 1. The van der Waals surface area contributed by atoms with Gasteiger partial charge in [0.2, 0.25) is 0 Å². The minimum absolute atomic E-state index is 0.110. The van der Waals surface area contributed by atoms with Crippen LogP contribution in [0.15, 0.2) is 18.2 Å². The molecule has 0 spiro atoms. The van der Waals surface area contributed by atoms with Gasteiger partial charge in [-0.1, -0.05) is 18.2 Å². The minimum atomic E-state index is -0.755. The lowest BCUT2D eigenvalue weighted by molar-refractivity contribution is -0.116. The lowest BCUT2D eigenvalue weighted by Gasteiger charge is -2.12. The molecule has 0 amide bonds. The van der Waals surface area contributed by atoms with Crippen LogP contribution < -0.4 is 0 Å². The van der Waals surface area contributed by atoms with Gasteiger partial charge in [0.15, 0.2) is 5.78 Å². The first-order chi connectivity index (χ1) is 7.60. The predicted octanol–water partition coefficient (Wildman–Crippen LogP) is 2.11. The number of aliphatic hydroxyl groups excluding tert-OH is 1. The number of nitrogens with zero attached hydrogens (tertiary/aromatic N) is 1. The van der Waals surface area contributed by atoms with Crippen molar-refractivity contribution in [2.45, 2.75) is 25.3 Å². The van der Waals surface area contributed by atoms with Crippen molar-refractivity contribution in [3.05, 3.63) is 34.9 Å². The van der Waals surface area contributed by atoms with Gasteiger partial charge in [0.1, 0.15) is 5.38 Å². The first-order valence-corrected chi connectivity index (χ1v) is 5.27. The monoisotopic (exact) mass is 237 g/mol. The molecule has 1 N–H and O–H groups in total. The molecule has 1 aromatic rings. The van der Waals surface area contributed by atoms with E-state index in [-0.39, 0.29) is 18.8 Å². The van der Waals surface area contributed by atoms with Crippen LogP contribution >= 0.6 is 11.6 Å². The summed E-state index contributed by atoms with van der Waals surface area (Å²) < 4.78 is 0. The molecule has 0 saturated heterocycles. The highest BCUT2D eigenvalue weighted by molar-refractivity contribution is 6.30. The molecule has 1 rings (SSSR count). The molecule has 1 aromatic carbocycles. The van der Waals surface area contributed by atoms with Gasteiger partial charge in [0.25, 0.3) is 0 Å². The van der Waals surface area contributed by atoms with E-state index in [4.69, 9.17) is 22.0 Å². The molecule has 4 heteroatoms. The molecule has 0 aliphatic carbocycles. The van der Waals surface area contributed by atoms with Crippen LogP contribution in [0.25, 0.3) is 0 Å². The van der Waals surface area contributed by atoms with Crippen LogP contribution in [0.5, 0.6) is 0 Å². The molecule has 0 aliphatic rings. The number of nitriles is 1. The largest absolute Gasteiger partial charge is 0.392 e. The highest BCUT2D eigenvalue weighted by Crippen LogP contribution is 2.26. The summed E-state index contributed by atoms with van der Waals surface area (Å²) in [5.41, 5.74) is 2.03. The van der Waals surface area contributed by atoms with Gasteiger partial charge >= 0.3 is 0 Å². The molecule has 0 aromatic heterocycles. The second-order valence-electron chi connectivity index (χ2n) is 3.50. The van der Waals surface area contributed by atoms with Gasteiger partial charge < -0.3 is 5.11 Å². The van der Waals surface area contributed by atoms with Crippen LogP contribution in [0.1, 0.15) is 29.0 Å². The molecule has 0 fully saturated rings. The van der Waals surface area contributed by atoms with Crippen molar-refractivity contribution in [1.29, 1.82) is 5.26 Å². The molecule has 0 radical (unpaired) electrons. The van der Waals surface area contributed by atoms with Gasteiger partial charge in [-0.25, -0.2) is 0 Å². The molecular weight excluding hydrogens is 226 g/mol. The molecule has 0 bridgehead atoms. The number of ketones is 1. The first kappa shape index (κ1) is 12.7. The van der Waals surface area contributed by atoms with Gasteiger partial charge in [-0.2, -0.15) is 5.26 Å². The Labute approximate surface area is 99.3 Å². The third kappa shape index (κ3) is 2.82. The van der Waals surface area contributed by atoms with Crippen LogP contribution in [0.4, 0.5) is 0 Å². The fraction of sp³-hybridized carbons (Fsp3) is 0.333. The van der Waals surface area contributed by atoms with Crippen molar-refractivity contribution in [1.82, 2.24) is 0 Å². The van der Waals surface area contributed by atoms with Crippen molar-refractivity contribution in [2.75, 3.05) is 0 Å². The summed E-state index contributed by atoms with van der Waals surface area (Å²) in [5, 5.41) is 16.9. The molecule has 0 aliphatic heterocycles. The van der Waals surface area contributed by atoms with E-state index in [1.54, 1.807) is 18.2 Å². The Morgan fingerprint density at radius 1 is 1.62 bits per heavy atom. The smallest absolute Gasteiger partial charge is 0.152 e. The van der Waals surface area contributed by atoms with Crippen LogP contribution in [0.3, 0.4) is 0 Å². The number of aliphatic hydroxyl groups is 1. The lowest BCUT2D eigenvalue weighted by atomic mass is 9.98. The average molecular weight is 238 g/mol. The summed E-state index contributed by atoms with van der Waals surface area (Å²) in [7, 11) is 0. The van der Waals surface area contributed by atoms with Gasteiger partial charge in [-0.15, -0.1) is 11.6 Å². The standard InChI is InChI=1S/C12H12ClNO2/c1-8(16)12(13)11-6-9(7-15)2-3-10(11)4-5-14/h2-3,6,12,15H,4,7H2,1H3. The molecular formula is C12H12ClNO2. The minimum Gasteiger partial charge on any atom is -0.392 e. The summed E-state index contributed by atoms with van der Waals surface area (Å²) in [6, 6.07) is 7.14. The van der Waals surface area contributed by atoms with E-state index < -0.39 is 5.38 Å². The number of hydrogen-bond acceptors (Lipinski definition) is 3. The van der Waals surface area contributed by atoms with Gasteiger partial charge in [-0.3, -0.25) is 4.79 Å². The Morgan fingerprint density at radius 3 is 2.81 bits per heavy atom. The Balaban J connectivity index is 3.20. The van der Waals surface area contributed by atoms with E-state index in [1.165, 1.54) is 6.92 Å². The topological polar surface area (TPSA) is 61.1 Å². The zero-order valence-corrected chi connectivity index (χ0v) is 9.66. The van der Waals surface area contributed by atoms with Crippen molar-refractivity contribution < 1.29 is 9.90 Å². The molecule has 0 saturated carbocycles. The summed E-state index contributed by atoms with van der Waals surface area (Å²) >= 11 is 5.97. The maximum atomic E-state index is 11.2. The molecule has 1 atom stereocenters. The maximum absolute atomic E-state index is 11.2. The van der Waals surface area contributed by atoms with E-state index in [9.17, 15) is 4.79 Å². The first-order valence-electron chi connectivity index (χ1n) is 4.84. The van der Waals surface area contributed by atoms with E-state index in [1.807, 2.05) is 6.07 Å². The Bertz CT molecular complexity index is 437. The third-order valence-corrected chi connectivity index (χ3v) is 2.83. The van der Waals surface area contributed by atoms with Crippen LogP contribution in [0.2, 0.25) is 0 Å². The van der Waals surface area contributed by atoms with Gasteiger partial charge in [-0.05, 0) is 23.6 Å².